The van der Waals surface area contributed by atoms with Gasteiger partial charge in [-0.2, -0.15) is 0 Å². The topological polar surface area (TPSA) is 137 Å². The summed E-state index contributed by atoms with van der Waals surface area (Å²) in [5.41, 5.74) is 1.02. The van der Waals surface area contributed by atoms with Gasteiger partial charge in [-0.3, -0.25) is 9.55 Å². The molecule has 200 valence electrons. The zero-order valence-electron chi connectivity index (χ0n) is 21.4. The van der Waals surface area contributed by atoms with Gasteiger partial charge < -0.3 is 23.7 Å². The molecule has 37 heavy (non-hydrogen) atoms. The van der Waals surface area contributed by atoms with Crippen LogP contribution in [-0.4, -0.2) is 79.6 Å². The lowest BCUT2D eigenvalue weighted by molar-refractivity contribution is -0.0942. The van der Waals surface area contributed by atoms with Gasteiger partial charge in [0.15, 0.2) is 21.5 Å². The fourth-order valence-corrected chi connectivity index (χ4v) is 5.67. The Morgan fingerprint density at radius 2 is 1.76 bits per heavy atom. The predicted octanol–water partition coefficient (Wildman–Crippen LogP) is 2.28. The van der Waals surface area contributed by atoms with E-state index in [2.05, 4.69) is 20.2 Å². The molecule has 2 aromatic heterocycles. The van der Waals surface area contributed by atoms with Crippen LogP contribution in [0.3, 0.4) is 0 Å². The van der Waals surface area contributed by atoms with Crippen LogP contribution in [0.1, 0.15) is 43.2 Å². The molecule has 0 radical (unpaired) electrons. The van der Waals surface area contributed by atoms with Gasteiger partial charge in [0, 0.05) is 5.92 Å². The van der Waals surface area contributed by atoms with Crippen molar-refractivity contribution in [2.75, 3.05) is 41.2 Å². The standard InChI is InChI=1S/C24H31N5O7S/c1-15(17-11-26-22(34-5)12-25-17)16(2)37(30,31)14-21-27-28-24(20-13-35-9-10-36-20)29(21)23-18(32-3)7-6-8-19(23)33-4/h6-8,11-12,15-16,20H,9-10,13-14H2,1-5H3/t15-,16-,20-/m0/s1. The first-order valence-electron chi connectivity index (χ1n) is 11.7. The Bertz CT molecular complexity index is 1290. The Hall–Kier alpha value is -3.29. The summed E-state index contributed by atoms with van der Waals surface area (Å²) in [5, 5.41) is 7.82. The molecule has 3 aromatic rings. The number of hydrogen-bond acceptors (Lipinski definition) is 11. The third-order valence-corrected chi connectivity index (χ3v) is 8.61. The van der Waals surface area contributed by atoms with E-state index in [0.717, 1.165) is 0 Å². The Kier molecular flexibility index (Phi) is 8.25. The lowest BCUT2D eigenvalue weighted by atomic mass is 10.1. The van der Waals surface area contributed by atoms with Crippen LogP contribution < -0.4 is 14.2 Å². The predicted molar refractivity (Wildman–Crippen MR) is 133 cm³/mol. The van der Waals surface area contributed by atoms with Gasteiger partial charge in [0.25, 0.3) is 0 Å². The molecule has 0 bridgehead atoms. The molecular formula is C24H31N5O7S. The summed E-state index contributed by atoms with van der Waals surface area (Å²) < 4.78 is 56.6. The zero-order chi connectivity index (χ0) is 26.6. The smallest absolute Gasteiger partial charge is 0.231 e. The maximum absolute atomic E-state index is 13.6. The van der Waals surface area contributed by atoms with Gasteiger partial charge in [-0.25, -0.2) is 13.4 Å². The quantitative estimate of drug-likeness (QED) is 0.379. The van der Waals surface area contributed by atoms with Gasteiger partial charge in [-0.05, 0) is 19.1 Å². The molecule has 13 heteroatoms. The molecule has 0 N–H and O–H groups in total. The van der Waals surface area contributed by atoms with Crippen molar-refractivity contribution in [1.82, 2.24) is 24.7 Å². The number of nitrogens with zero attached hydrogens (tertiary/aromatic N) is 5. The Morgan fingerprint density at radius 1 is 1.03 bits per heavy atom. The second kappa shape index (κ2) is 11.4. The van der Waals surface area contributed by atoms with Crippen molar-refractivity contribution in [2.24, 2.45) is 0 Å². The molecule has 1 fully saturated rings. The Morgan fingerprint density at radius 3 is 2.32 bits per heavy atom. The van der Waals surface area contributed by atoms with E-state index in [1.165, 1.54) is 33.7 Å². The second-order valence-corrected chi connectivity index (χ2v) is 10.9. The van der Waals surface area contributed by atoms with Gasteiger partial charge in [0.05, 0.1) is 64.5 Å². The minimum atomic E-state index is -3.74. The lowest BCUT2D eigenvalue weighted by Gasteiger charge is -2.25. The van der Waals surface area contributed by atoms with E-state index in [4.69, 9.17) is 23.7 Å². The minimum absolute atomic E-state index is 0.201. The normalized spacial score (nSPS) is 17.7. The summed E-state index contributed by atoms with van der Waals surface area (Å²) in [4.78, 5) is 8.47. The average Bonchev–Trinajstić information content (AvgIpc) is 3.34. The molecule has 1 aromatic carbocycles. The molecule has 0 spiro atoms. The van der Waals surface area contributed by atoms with Crippen LogP contribution >= 0.6 is 0 Å². The van der Waals surface area contributed by atoms with E-state index >= 15 is 0 Å². The number of ether oxygens (including phenoxy) is 5. The highest BCUT2D eigenvalue weighted by molar-refractivity contribution is 7.91. The minimum Gasteiger partial charge on any atom is -0.494 e. The number of aromatic nitrogens is 5. The third-order valence-electron chi connectivity index (χ3n) is 6.41. The van der Waals surface area contributed by atoms with Crippen molar-refractivity contribution in [1.29, 1.82) is 0 Å². The van der Waals surface area contributed by atoms with Gasteiger partial charge in [-0.15, -0.1) is 10.2 Å². The molecule has 0 amide bonds. The number of sulfone groups is 1. The fourth-order valence-electron chi connectivity index (χ4n) is 4.09. The Labute approximate surface area is 215 Å². The summed E-state index contributed by atoms with van der Waals surface area (Å²) >= 11 is 0. The van der Waals surface area contributed by atoms with Crippen LogP contribution in [-0.2, 0) is 25.1 Å². The first-order valence-corrected chi connectivity index (χ1v) is 13.4. The second-order valence-electron chi connectivity index (χ2n) is 8.54. The van der Waals surface area contributed by atoms with Crippen molar-refractivity contribution in [3.8, 4) is 23.1 Å². The molecule has 4 rings (SSSR count). The van der Waals surface area contributed by atoms with Crippen LogP contribution in [0, 0.1) is 0 Å². The monoisotopic (exact) mass is 533 g/mol. The fraction of sp³-hybridized carbons (Fsp3) is 0.500. The summed E-state index contributed by atoms with van der Waals surface area (Å²) in [5.74, 6) is 1.06. The Balaban J connectivity index is 1.74. The highest BCUT2D eigenvalue weighted by Gasteiger charge is 2.34. The number of para-hydroxylation sites is 1. The molecule has 1 aliphatic rings. The lowest BCUT2D eigenvalue weighted by Crippen LogP contribution is -2.28. The summed E-state index contributed by atoms with van der Waals surface area (Å²) in [6.45, 7) is 4.55. The zero-order valence-corrected chi connectivity index (χ0v) is 22.3. The molecule has 1 saturated heterocycles. The van der Waals surface area contributed by atoms with Crippen LogP contribution in [0.4, 0.5) is 0 Å². The molecule has 0 unspecified atom stereocenters. The first kappa shape index (κ1) is 26.8. The maximum Gasteiger partial charge on any atom is 0.231 e. The van der Waals surface area contributed by atoms with Crippen molar-refractivity contribution in [3.05, 3.63) is 47.9 Å². The van der Waals surface area contributed by atoms with Crippen molar-refractivity contribution in [3.63, 3.8) is 0 Å². The summed E-state index contributed by atoms with van der Waals surface area (Å²) in [7, 11) is 0.805. The molecule has 1 aliphatic heterocycles. The third kappa shape index (κ3) is 5.53. The maximum atomic E-state index is 13.6. The molecule has 3 heterocycles. The van der Waals surface area contributed by atoms with Crippen molar-refractivity contribution >= 4 is 9.84 Å². The number of hydrogen-bond donors (Lipinski definition) is 0. The highest BCUT2D eigenvalue weighted by Crippen LogP contribution is 2.37. The van der Waals surface area contributed by atoms with Gasteiger partial charge >= 0.3 is 0 Å². The first-order chi connectivity index (χ1) is 17.8. The van der Waals surface area contributed by atoms with E-state index in [-0.39, 0.29) is 18.2 Å². The molecule has 3 atom stereocenters. The van der Waals surface area contributed by atoms with Crippen molar-refractivity contribution < 1.29 is 32.1 Å². The largest absolute Gasteiger partial charge is 0.494 e. The molecular weight excluding hydrogens is 502 g/mol. The summed E-state index contributed by atoms with van der Waals surface area (Å²) in [6.07, 6.45) is 2.45. The van der Waals surface area contributed by atoms with Gasteiger partial charge in [-0.1, -0.05) is 13.0 Å². The van der Waals surface area contributed by atoms with E-state index in [1.807, 2.05) is 0 Å². The van der Waals surface area contributed by atoms with Crippen LogP contribution in [0.15, 0.2) is 30.6 Å². The SMILES string of the molecule is COc1cnc([C@@H](C)[C@H](C)S(=O)(=O)Cc2nnc([C@@H]3COCCO3)n2-c2c(OC)cccc2OC)cn1. The molecule has 0 aliphatic carbocycles. The van der Waals surface area contributed by atoms with Crippen molar-refractivity contribution in [2.45, 2.75) is 36.9 Å². The molecule has 12 nitrogen and oxygen atoms in total. The van der Waals surface area contributed by atoms with Crippen LogP contribution in [0.2, 0.25) is 0 Å². The number of methoxy groups -OCH3 is 3. The van der Waals surface area contributed by atoms with Gasteiger partial charge in [0.1, 0.15) is 29.0 Å². The highest BCUT2D eigenvalue weighted by atomic mass is 32.2. The van der Waals surface area contributed by atoms with E-state index in [9.17, 15) is 8.42 Å². The van der Waals surface area contributed by atoms with E-state index in [0.29, 0.717) is 47.8 Å². The number of benzene rings is 1. The van der Waals surface area contributed by atoms with E-state index in [1.54, 1.807) is 36.6 Å². The van der Waals surface area contributed by atoms with Gasteiger partial charge in [0.2, 0.25) is 5.88 Å². The molecule has 0 saturated carbocycles. The van der Waals surface area contributed by atoms with E-state index < -0.39 is 27.1 Å². The number of rotatable bonds is 10. The average molecular weight is 534 g/mol. The van der Waals surface area contributed by atoms with Crippen LogP contribution in [0.5, 0.6) is 17.4 Å². The summed E-state index contributed by atoms with van der Waals surface area (Å²) in [6, 6.07) is 5.29. The van der Waals surface area contributed by atoms with Crippen LogP contribution in [0.25, 0.3) is 5.69 Å².